The molecule has 60 valence electrons. The average Bonchev–Trinajstić information content (AvgIpc) is 2.07. The predicted octanol–water partition coefficient (Wildman–Crippen LogP) is 3.33. The molecule has 0 unspecified atom stereocenters. The van der Waals surface area contributed by atoms with Crippen molar-refractivity contribution in [2.24, 2.45) is 4.99 Å². The number of hydrogen-bond donors (Lipinski definition) is 0. The molecule has 1 aromatic carbocycles. The van der Waals surface area contributed by atoms with Gasteiger partial charge < -0.3 is 0 Å². The molecule has 0 spiro atoms. The highest BCUT2D eigenvalue weighted by Crippen LogP contribution is 2.26. The number of halogens is 2. The van der Waals surface area contributed by atoms with Crippen LogP contribution in [0, 0.1) is 12.3 Å². The van der Waals surface area contributed by atoms with Crippen molar-refractivity contribution in [2.75, 3.05) is 0 Å². The second-order valence-corrected chi connectivity index (χ2v) is 2.84. The van der Waals surface area contributed by atoms with E-state index in [1.165, 1.54) is 6.21 Å². The fraction of sp³-hybridized carbons (Fsp3) is 0. The summed E-state index contributed by atoms with van der Waals surface area (Å²) in [5.74, 6) is 2.28. The summed E-state index contributed by atoms with van der Waals surface area (Å²) in [6.45, 7) is 0. The van der Waals surface area contributed by atoms with E-state index in [0.29, 0.717) is 15.7 Å². The van der Waals surface area contributed by atoms with Gasteiger partial charge in [-0.2, -0.15) is 0 Å². The van der Waals surface area contributed by atoms with Crippen LogP contribution in [0.5, 0.6) is 0 Å². The van der Waals surface area contributed by atoms with Crippen LogP contribution in [0.15, 0.2) is 23.2 Å². The van der Waals surface area contributed by atoms with Crippen molar-refractivity contribution in [3.8, 4) is 12.3 Å². The molecule has 0 saturated carbocycles. The monoisotopic (exact) mass is 197 g/mol. The van der Waals surface area contributed by atoms with Crippen LogP contribution in [-0.4, -0.2) is 6.21 Å². The Morgan fingerprint density at radius 3 is 2.67 bits per heavy atom. The van der Waals surface area contributed by atoms with Gasteiger partial charge in [-0.3, -0.25) is 0 Å². The first-order valence-electron chi connectivity index (χ1n) is 3.18. The summed E-state index contributed by atoms with van der Waals surface area (Å²) in [7, 11) is 0. The minimum absolute atomic E-state index is 0.475. The van der Waals surface area contributed by atoms with Gasteiger partial charge in [0, 0.05) is 0 Å². The molecule has 0 bridgehead atoms. The van der Waals surface area contributed by atoms with Crippen molar-refractivity contribution in [1.29, 1.82) is 0 Å². The van der Waals surface area contributed by atoms with E-state index in [2.05, 4.69) is 10.9 Å². The van der Waals surface area contributed by atoms with Gasteiger partial charge in [0.25, 0.3) is 0 Å². The zero-order chi connectivity index (χ0) is 8.97. The normalized spacial score (nSPS) is 10.1. The third-order valence-electron chi connectivity index (χ3n) is 1.19. The topological polar surface area (TPSA) is 12.4 Å². The third-order valence-corrected chi connectivity index (χ3v) is 1.93. The molecule has 3 heteroatoms. The highest BCUT2D eigenvalue weighted by molar-refractivity contribution is 6.42. The van der Waals surface area contributed by atoms with Gasteiger partial charge in [-0.1, -0.05) is 29.1 Å². The molecule has 12 heavy (non-hydrogen) atoms. The van der Waals surface area contributed by atoms with Gasteiger partial charge in [-0.25, -0.2) is 4.99 Å². The van der Waals surface area contributed by atoms with Crippen LogP contribution in [0.3, 0.4) is 0 Å². The van der Waals surface area contributed by atoms with E-state index < -0.39 is 0 Å². The largest absolute Gasteiger partial charge is 0.248 e. The quantitative estimate of drug-likeness (QED) is 0.484. The van der Waals surface area contributed by atoms with Gasteiger partial charge in [0.2, 0.25) is 0 Å². The molecule has 0 atom stereocenters. The van der Waals surface area contributed by atoms with Gasteiger partial charge in [-0.15, -0.1) is 6.42 Å². The Kier molecular flexibility index (Phi) is 3.16. The molecule has 0 N–H and O–H groups in total. The van der Waals surface area contributed by atoms with E-state index in [4.69, 9.17) is 29.6 Å². The van der Waals surface area contributed by atoms with Gasteiger partial charge in [-0.05, 0) is 18.2 Å². The maximum atomic E-state index is 5.74. The second kappa shape index (κ2) is 4.15. The predicted molar refractivity (Wildman–Crippen MR) is 53.4 cm³/mol. The number of aliphatic imine (C=N–C) groups is 1. The van der Waals surface area contributed by atoms with Crippen LogP contribution in [-0.2, 0) is 0 Å². The van der Waals surface area contributed by atoms with Crippen LogP contribution < -0.4 is 0 Å². The van der Waals surface area contributed by atoms with Crippen molar-refractivity contribution in [3.63, 3.8) is 0 Å². The molecule has 0 aliphatic carbocycles. The number of rotatable bonds is 1. The fourth-order valence-corrected chi connectivity index (χ4v) is 0.969. The van der Waals surface area contributed by atoms with Crippen LogP contribution >= 0.6 is 23.2 Å². The molecule has 1 nitrogen and oxygen atoms in total. The van der Waals surface area contributed by atoms with Crippen molar-refractivity contribution in [3.05, 3.63) is 28.2 Å². The molecule has 0 aliphatic heterocycles. The van der Waals surface area contributed by atoms with Crippen molar-refractivity contribution in [1.82, 2.24) is 0 Å². The van der Waals surface area contributed by atoms with Crippen LogP contribution in [0.4, 0.5) is 5.69 Å². The number of nitrogens with zero attached hydrogens (tertiary/aromatic N) is 1. The van der Waals surface area contributed by atoms with Crippen molar-refractivity contribution in [2.45, 2.75) is 0 Å². The number of hydrogen-bond acceptors (Lipinski definition) is 1. The van der Waals surface area contributed by atoms with E-state index in [1.54, 1.807) is 18.2 Å². The highest BCUT2D eigenvalue weighted by atomic mass is 35.5. The summed E-state index contributed by atoms with van der Waals surface area (Å²) in [6, 6.07) is 5.06. The van der Waals surface area contributed by atoms with Gasteiger partial charge in [0.05, 0.1) is 21.9 Å². The maximum Gasteiger partial charge on any atom is 0.0771 e. The van der Waals surface area contributed by atoms with E-state index >= 15 is 0 Å². The lowest BCUT2D eigenvalue weighted by Crippen LogP contribution is -1.69. The second-order valence-electron chi connectivity index (χ2n) is 2.02. The SMILES string of the molecule is C#CC=Nc1ccc(Cl)c(Cl)c1. The number of benzene rings is 1. The van der Waals surface area contributed by atoms with Gasteiger partial charge in [0.15, 0.2) is 0 Å². The maximum absolute atomic E-state index is 5.74. The molecular weight excluding hydrogens is 193 g/mol. The zero-order valence-electron chi connectivity index (χ0n) is 6.09. The first-order valence-corrected chi connectivity index (χ1v) is 3.93. The first kappa shape index (κ1) is 9.12. The fourth-order valence-electron chi connectivity index (χ4n) is 0.677. The van der Waals surface area contributed by atoms with E-state index in [1.807, 2.05) is 0 Å². The third kappa shape index (κ3) is 2.27. The lowest BCUT2D eigenvalue weighted by Gasteiger charge is -1.95. The summed E-state index contributed by atoms with van der Waals surface area (Å²) in [4.78, 5) is 3.92. The summed E-state index contributed by atoms with van der Waals surface area (Å²) in [5, 5.41) is 0.986. The summed E-state index contributed by atoms with van der Waals surface area (Å²) >= 11 is 11.4. The molecule has 0 fully saturated rings. The van der Waals surface area contributed by atoms with E-state index in [9.17, 15) is 0 Å². The number of terminal acetylenes is 1. The lowest BCUT2D eigenvalue weighted by molar-refractivity contribution is 1.54. The molecule has 0 amide bonds. The molecule has 0 aromatic heterocycles. The zero-order valence-corrected chi connectivity index (χ0v) is 7.60. The molecule has 0 heterocycles. The Hall–Kier alpha value is -0.970. The van der Waals surface area contributed by atoms with Gasteiger partial charge in [0.1, 0.15) is 0 Å². The van der Waals surface area contributed by atoms with E-state index in [-0.39, 0.29) is 0 Å². The molecule has 0 saturated heterocycles. The Morgan fingerprint density at radius 2 is 2.08 bits per heavy atom. The summed E-state index contributed by atoms with van der Waals surface area (Å²) in [5.41, 5.74) is 0.697. The molecule has 0 aliphatic rings. The highest BCUT2D eigenvalue weighted by Gasteiger charge is 1.96. The Labute approximate surface area is 81.0 Å². The summed E-state index contributed by atoms with van der Waals surface area (Å²) in [6.07, 6.45) is 6.35. The molecule has 0 radical (unpaired) electrons. The lowest BCUT2D eigenvalue weighted by atomic mass is 10.3. The molecule has 1 rings (SSSR count). The Morgan fingerprint density at radius 1 is 1.33 bits per heavy atom. The minimum atomic E-state index is 0.475. The van der Waals surface area contributed by atoms with E-state index in [0.717, 1.165) is 0 Å². The first-order chi connectivity index (χ1) is 5.74. The molecule has 1 aromatic rings. The Bertz CT molecular complexity index is 350. The van der Waals surface area contributed by atoms with Crippen LogP contribution in [0.2, 0.25) is 10.0 Å². The van der Waals surface area contributed by atoms with Crippen molar-refractivity contribution < 1.29 is 0 Å². The Balaban J connectivity index is 2.99. The van der Waals surface area contributed by atoms with Gasteiger partial charge >= 0.3 is 0 Å². The van der Waals surface area contributed by atoms with Crippen molar-refractivity contribution >= 4 is 35.1 Å². The minimum Gasteiger partial charge on any atom is -0.248 e. The van der Waals surface area contributed by atoms with Crippen LogP contribution in [0.25, 0.3) is 0 Å². The smallest absolute Gasteiger partial charge is 0.0771 e. The average molecular weight is 198 g/mol. The standard InChI is InChI=1S/C9H5Cl2N/c1-2-5-12-7-3-4-8(10)9(11)6-7/h1,3-6H. The van der Waals surface area contributed by atoms with Crippen LogP contribution in [0.1, 0.15) is 0 Å². The molecular formula is C9H5Cl2N. The summed E-state index contributed by atoms with van der Waals surface area (Å²) < 4.78 is 0.